The van der Waals surface area contributed by atoms with Gasteiger partial charge in [-0.25, -0.2) is 18.1 Å². The molecule has 1 aromatic carbocycles. The third-order valence-electron chi connectivity index (χ3n) is 3.37. The zero-order chi connectivity index (χ0) is 15.6. The molecule has 7 heteroatoms. The van der Waals surface area contributed by atoms with Crippen molar-refractivity contribution >= 4 is 27.0 Å². The van der Waals surface area contributed by atoms with Crippen molar-refractivity contribution in [1.82, 2.24) is 9.71 Å². The number of anilines is 1. The van der Waals surface area contributed by atoms with Crippen molar-refractivity contribution < 1.29 is 8.42 Å². The Morgan fingerprint density at radius 1 is 1.33 bits per heavy atom. The van der Waals surface area contributed by atoms with Gasteiger partial charge in [-0.15, -0.1) is 11.3 Å². The van der Waals surface area contributed by atoms with E-state index in [-0.39, 0.29) is 16.5 Å². The predicted molar refractivity (Wildman–Crippen MR) is 86.0 cm³/mol. The highest BCUT2D eigenvalue weighted by atomic mass is 32.2. The molecular weight excluding hydrogens is 306 g/mol. The summed E-state index contributed by atoms with van der Waals surface area (Å²) in [6.45, 7) is 6.00. The van der Waals surface area contributed by atoms with Crippen LogP contribution in [0.15, 0.2) is 28.6 Å². The average Bonchev–Trinajstić information content (AvgIpc) is 2.94. The Kier molecular flexibility index (Phi) is 4.65. The van der Waals surface area contributed by atoms with Crippen molar-refractivity contribution in [2.45, 2.75) is 31.6 Å². The van der Waals surface area contributed by atoms with Crippen molar-refractivity contribution in [3.05, 3.63) is 39.8 Å². The molecule has 0 fully saturated rings. The van der Waals surface area contributed by atoms with Crippen LogP contribution in [-0.4, -0.2) is 19.9 Å². The van der Waals surface area contributed by atoms with Crippen LogP contribution in [0.25, 0.3) is 0 Å². The Labute approximate surface area is 129 Å². The number of nitrogens with one attached hydrogen (secondary N) is 1. The van der Waals surface area contributed by atoms with E-state index in [4.69, 9.17) is 5.73 Å². The summed E-state index contributed by atoms with van der Waals surface area (Å²) in [5.41, 5.74) is 7.99. The molecule has 0 radical (unpaired) electrons. The molecule has 0 aliphatic heterocycles. The number of thiazole rings is 1. The van der Waals surface area contributed by atoms with Crippen LogP contribution in [0.4, 0.5) is 5.69 Å². The third-order valence-corrected chi connectivity index (χ3v) is 5.85. The number of nitrogen functional groups attached to an aromatic ring is 1. The normalized spacial score (nSPS) is 13.3. The molecule has 1 unspecified atom stereocenters. The first kappa shape index (κ1) is 15.9. The van der Waals surface area contributed by atoms with E-state index >= 15 is 0 Å². The molecule has 0 spiro atoms. The summed E-state index contributed by atoms with van der Waals surface area (Å²) >= 11 is 1.51. The minimum atomic E-state index is -3.61. The topological polar surface area (TPSA) is 85.1 Å². The van der Waals surface area contributed by atoms with Gasteiger partial charge in [0.2, 0.25) is 10.0 Å². The van der Waals surface area contributed by atoms with Crippen LogP contribution in [0.2, 0.25) is 0 Å². The number of aromatic nitrogens is 1. The molecule has 3 N–H and O–H groups in total. The van der Waals surface area contributed by atoms with Gasteiger partial charge in [0, 0.05) is 24.0 Å². The second-order valence-electron chi connectivity index (χ2n) is 5.10. The van der Waals surface area contributed by atoms with E-state index in [0.717, 1.165) is 16.1 Å². The van der Waals surface area contributed by atoms with Crippen LogP contribution in [0.3, 0.4) is 0 Å². The Hall–Kier alpha value is -1.44. The largest absolute Gasteiger partial charge is 0.398 e. The van der Waals surface area contributed by atoms with Gasteiger partial charge in [-0.3, -0.25) is 0 Å². The monoisotopic (exact) mass is 325 g/mol. The summed E-state index contributed by atoms with van der Waals surface area (Å²) in [4.78, 5) is 4.33. The SMILES string of the molecule is Cc1cc(N)c(S(=O)(=O)NCC(C)c2nccs2)cc1C. The number of benzene rings is 1. The van der Waals surface area contributed by atoms with Gasteiger partial charge in [-0.05, 0) is 37.1 Å². The molecule has 0 aliphatic rings. The highest BCUT2D eigenvalue weighted by Gasteiger charge is 2.20. The molecule has 0 bridgehead atoms. The molecule has 114 valence electrons. The van der Waals surface area contributed by atoms with Crippen LogP contribution in [0.5, 0.6) is 0 Å². The molecular formula is C14H19N3O2S2. The summed E-state index contributed by atoms with van der Waals surface area (Å²) in [7, 11) is -3.61. The fraction of sp³-hybridized carbons (Fsp3) is 0.357. The highest BCUT2D eigenvalue weighted by Crippen LogP contribution is 2.23. The van der Waals surface area contributed by atoms with Crippen molar-refractivity contribution in [3.8, 4) is 0 Å². The molecule has 0 saturated heterocycles. The summed E-state index contributed by atoms with van der Waals surface area (Å²) in [6.07, 6.45) is 1.71. The lowest BCUT2D eigenvalue weighted by Crippen LogP contribution is -2.28. The minimum absolute atomic E-state index is 0.0209. The van der Waals surface area contributed by atoms with Crippen LogP contribution < -0.4 is 10.5 Å². The number of sulfonamides is 1. The Morgan fingerprint density at radius 2 is 2.00 bits per heavy atom. The second-order valence-corrected chi connectivity index (χ2v) is 7.76. The average molecular weight is 325 g/mol. The van der Waals surface area contributed by atoms with Crippen molar-refractivity contribution in [2.75, 3.05) is 12.3 Å². The molecule has 0 amide bonds. The molecule has 1 atom stereocenters. The predicted octanol–water partition coefficient (Wildman–Crippen LogP) is 2.42. The molecule has 1 aromatic heterocycles. The fourth-order valence-electron chi connectivity index (χ4n) is 1.92. The number of nitrogens with zero attached hydrogens (tertiary/aromatic N) is 1. The maximum atomic E-state index is 12.4. The van der Waals surface area contributed by atoms with Gasteiger partial charge in [0.1, 0.15) is 4.90 Å². The lowest BCUT2D eigenvalue weighted by Gasteiger charge is -2.13. The van der Waals surface area contributed by atoms with Crippen LogP contribution in [0.1, 0.15) is 29.0 Å². The quantitative estimate of drug-likeness (QED) is 0.827. The van der Waals surface area contributed by atoms with Crippen molar-refractivity contribution in [2.24, 2.45) is 0 Å². The molecule has 0 aliphatic carbocycles. The number of hydrogen-bond acceptors (Lipinski definition) is 5. The van der Waals surface area contributed by atoms with Gasteiger partial charge in [-0.2, -0.15) is 0 Å². The van der Waals surface area contributed by atoms with E-state index in [2.05, 4.69) is 9.71 Å². The van der Waals surface area contributed by atoms with Gasteiger partial charge in [-0.1, -0.05) is 6.92 Å². The first-order valence-electron chi connectivity index (χ1n) is 6.57. The zero-order valence-electron chi connectivity index (χ0n) is 12.3. The lowest BCUT2D eigenvalue weighted by molar-refractivity contribution is 0.575. The number of nitrogens with two attached hydrogens (primary N) is 1. The van der Waals surface area contributed by atoms with Crippen molar-refractivity contribution in [1.29, 1.82) is 0 Å². The van der Waals surface area contributed by atoms with Crippen LogP contribution in [-0.2, 0) is 10.0 Å². The van der Waals surface area contributed by atoms with Crippen LogP contribution >= 0.6 is 11.3 Å². The molecule has 21 heavy (non-hydrogen) atoms. The smallest absolute Gasteiger partial charge is 0.242 e. The number of rotatable bonds is 5. The lowest BCUT2D eigenvalue weighted by atomic mass is 10.1. The highest BCUT2D eigenvalue weighted by molar-refractivity contribution is 7.89. The Morgan fingerprint density at radius 3 is 2.62 bits per heavy atom. The second kappa shape index (κ2) is 6.13. The van der Waals surface area contributed by atoms with E-state index in [1.54, 1.807) is 18.3 Å². The first-order valence-corrected chi connectivity index (χ1v) is 8.93. The fourth-order valence-corrected chi connectivity index (χ4v) is 3.95. The van der Waals surface area contributed by atoms with E-state index in [1.807, 2.05) is 26.2 Å². The molecule has 0 saturated carbocycles. The van der Waals surface area contributed by atoms with Gasteiger partial charge < -0.3 is 5.73 Å². The molecule has 5 nitrogen and oxygen atoms in total. The number of aryl methyl sites for hydroxylation is 2. The third kappa shape index (κ3) is 3.61. The summed E-state index contributed by atoms with van der Waals surface area (Å²) < 4.78 is 27.4. The van der Waals surface area contributed by atoms with Gasteiger partial charge in [0.05, 0.1) is 10.7 Å². The summed E-state index contributed by atoms with van der Waals surface area (Å²) in [5.74, 6) is 0.0209. The van der Waals surface area contributed by atoms with Gasteiger partial charge >= 0.3 is 0 Å². The van der Waals surface area contributed by atoms with Gasteiger partial charge in [0.15, 0.2) is 0 Å². The maximum Gasteiger partial charge on any atom is 0.242 e. The standard InChI is InChI=1S/C14H19N3O2S2/c1-9-6-12(15)13(7-10(9)2)21(18,19)17-8-11(3)14-16-4-5-20-14/h4-7,11,17H,8,15H2,1-3H3. The Bertz CT molecular complexity index is 725. The van der Waals surface area contributed by atoms with E-state index in [9.17, 15) is 8.42 Å². The van der Waals surface area contributed by atoms with Crippen LogP contribution in [0, 0.1) is 13.8 Å². The summed E-state index contributed by atoms with van der Waals surface area (Å²) in [6, 6.07) is 3.30. The van der Waals surface area contributed by atoms with E-state index in [1.165, 1.54) is 11.3 Å². The molecule has 2 rings (SSSR count). The Balaban J connectivity index is 2.17. The number of hydrogen-bond donors (Lipinski definition) is 2. The molecule has 2 aromatic rings. The minimum Gasteiger partial charge on any atom is -0.398 e. The summed E-state index contributed by atoms with van der Waals surface area (Å²) in [5, 5.41) is 2.78. The zero-order valence-corrected chi connectivity index (χ0v) is 13.9. The maximum absolute atomic E-state index is 12.4. The first-order chi connectivity index (χ1) is 9.81. The van der Waals surface area contributed by atoms with Gasteiger partial charge in [0.25, 0.3) is 0 Å². The van der Waals surface area contributed by atoms with E-state index < -0.39 is 10.0 Å². The van der Waals surface area contributed by atoms with Crippen molar-refractivity contribution in [3.63, 3.8) is 0 Å². The van der Waals surface area contributed by atoms with E-state index in [0.29, 0.717) is 6.54 Å². The molecule has 1 heterocycles.